The number of nitrogens with one attached hydrogen (secondary N) is 1. The third-order valence-corrected chi connectivity index (χ3v) is 3.72. The average Bonchev–Trinajstić information content (AvgIpc) is 2.91. The number of benzene rings is 1. The minimum Gasteiger partial charge on any atom is -0.311 e. The van der Waals surface area contributed by atoms with E-state index in [1.807, 2.05) is 11.7 Å². The van der Waals surface area contributed by atoms with Crippen molar-refractivity contribution < 1.29 is 0 Å². The number of fused-ring (bicyclic) bond motifs is 1. The molecule has 0 spiro atoms. The summed E-state index contributed by atoms with van der Waals surface area (Å²) >= 11 is 0. The van der Waals surface area contributed by atoms with Gasteiger partial charge in [-0.25, -0.2) is 0 Å². The number of rotatable bonds is 5. The molecule has 5 heteroatoms. The van der Waals surface area contributed by atoms with Crippen molar-refractivity contribution >= 4 is 10.9 Å². The van der Waals surface area contributed by atoms with Gasteiger partial charge in [0.15, 0.2) is 0 Å². The summed E-state index contributed by atoms with van der Waals surface area (Å²) in [6.45, 7) is 2.98. The van der Waals surface area contributed by atoms with Gasteiger partial charge in [0.25, 0.3) is 0 Å². The molecule has 3 aromatic rings. The van der Waals surface area contributed by atoms with Crippen molar-refractivity contribution in [2.24, 2.45) is 0 Å². The van der Waals surface area contributed by atoms with Crippen LogP contribution in [0.1, 0.15) is 24.4 Å². The first-order valence-corrected chi connectivity index (χ1v) is 7.21. The molecule has 1 atom stereocenters. The molecule has 0 saturated heterocycles. The maximum atomic E-state index is 4.75. The monoisotopic (exact) mass is 281 g/mol. The third-order valence-electron chi connectivity index (χ3n) is 3.72. The number of aryl methyl sites for hydroxylation is 1. The minimum atomic E-state index is 0.113. The number of likely N-dealkylation sites (N-methyl/N-ethyl adjacent to an activating group) is 1. The Morgan fingerprint density at radius 1 is 1.24 bits per heavy atom. The predicted molar refractivity (Wildman–Crippen MR) is 82.9 cm³/mol. The van der Waals surface area contributed by atoms with E-state index in [9.17, 15) is 0 Å². The maximum Gasteiger partial charge on any atom is 0.0759 e. The van der Waals surface area contributed by atoms with Crippen molar-refractivity contribution in [2.45, 2.75) is 25.9 Å². The van der Waals surface area contributed by atoms with Crippen molar-refractivity contribution in [3.05, 3.63) is 54.2 Å². The van der Waals surface area contributed by atoms with Crippen molar-refractivity contribution in [3.8, 4) is 0 Å². The van der Waals surface area contributed by atoms with Gasteiger partial charge in [0.1, 0.15) is 0 Å². The van der Waals surface area contributed by atoms with Crippen LogP contribution in [0.5, 0.6) is 0 Å². The SMILES string of the molecule is CCn1nc(CC(NC)c2cnccn2)c2ccccc21. The second-order valence-electron chi connectivity index (χ2n) is 4.96. The van der Waals surface area contributed by atoms with Crippen LogP contribution in [0.2, 0.25) is 0 Å². The number of hydrogen-bond acceptors (Lipinski definition) is 4. The normalized spacial score (nSPS) is 12.7. The van der Waals surface area contributed by atoms with Gasteiger partial charge in [-0.1, -0.05) is 18.2 Å². The summed E-state index contributed by atoms with van der Waals surface area (Å²) in [6.07, 6.45) is 6.02. The lowest BCUT2D eigenvalue weighted by Gasteiger charge is -2.13. The van der Waals surface area contributed by atoms with Crippen LogP contribution < -0.4 is 5.32 Å². The van der Waals surface area contributed by atoms with Crippen molar-refractivity contribution in [2.75, 3.05) is 7.05 Å². The second kappa shape index (κ2) is 6.01. The molecule has 0 radical (unpaired) electrons. The Morgan fingerprint density at radius 3 is 2.81 bits per heavy atom. The molecule has 5 nitrogen and oxygen atoms in total. The first-order valence-electron chi connectivity index (χ1n) is 7.21. The first kappa shape index (κ1) is 13.7. The van der Waals surface area contributed by atoms with E-state index in [4.69, 9.17) is 5.10 Å². The van der Waals surface area contributed by atoms with Gasteiger partial charge in [-0.05, 0) is 20.0 Å². The number of aromatic nitrogens is 4. The Bertz CT molecular complexity index is 720. The minimum absolute atomic E-state index is 0.113. The maximum absolute atomic E-state index is 4.75. The van der Waals surface area contributed by atoms with Crippen molar-refractivity contribution in [1.29, 1.82) is 0 Å². The van der Waals surface area contributed by atoms with Gasteiger partial charge in [0.2, 0.25) is 0 Å². The van der Waals surface area contributed by atoms with Crippen molar-refractivity contribution in [3.63, 3.8) is 0 Å². The fourth-order valence-corrected chi connectivity index (χ4v) is 2.63. The molecule has 0 amide bonds. The van der Waals surface area contributed by atoms with Gasteiger partial charge in [-0.15, -0.1) is 0 Å². The summed E-state index contributed by atoms with van der Waals surface area (Å²) < 4.78 is 2.05. The molecule has 0 saturated carbocycles. The van der Waals surface area contributed by atoms with Crippen LogP contribution in [0.3, 0.4) is 0 Å². The molecular weight excluding hydrogens is 262 g/mol. The molecule has 1 aromatic carbocycles. The number of hydrogen-bond donors (Lipinski definition) is 1. The standard InChI is InChI=1S/C16H19N5/c1-3-21-16-7-5-4-6-12(16)13(20-21)10-14(17-2)15-11-18-8-9-19-15/h4-9,11,14,17H,3,10H2,1-2H3. The van der Waals surface area contributed by atoms with Gasteiger partial charge in [0.05, 0.1) is 22.9 Å². The summed E-state index contributed by atoms with van der Waals surface area (Å²) in [5.41, 5.74) is 3.22. The molecule has 0 aliphatic rings. The van der Waals surface area contributed by atoms with E-state index in [2.05, 4.69) is 46.5 Å². The molecule has 2 aromatic heterocycles. The van der Waals surface area contributed by atoms with Crippen molar-refractivity contribution in [1.82, 2.24) is 25.1 Å². The van der Waals surface area contributed by atoms with Gasteiger partial charge in [-0.3, -0.25) is 14.6 Å². The molecule has 1 unspecified atom stereocenters. The first-order chi connectivity index (χ1) is 10.3. The van der Waals surface area contributed by atoms with Crippen LogP contribution >= 0.6 is 0 Å². The quantitative estimate of drug-likeness (QED) is 0.780. The molecule has 1 N–H and O–H groups in total. The Labute approximate surface area is 124 Å². The highest BCUT2D eigenvalue weighted by Crippen LogP contribution is 2.23. The third kappa shape index (κ3) is 2.64. The molecule has 21 heavy (non-hydrogen) atoms. The predicted octanol–water partition coefficient (Wildman–Crippen LogP) is 2.35. The Balaban J connectivity index is 1.97. The lowest BCUT2D eigenvalue weighted by molar-refractivity contribution is 0.557. The molecule has 108 valence electrons. The van der Waals surface area contributed by atoms with Crippen LogP contribution in [0, 0.1) is 0 Å². The average molecular weight is 281 g/mol. The zero-order chi connectivity index (χ0) is 14.7. The van der Waals surface area contributed by atoms with Crippen LogP contribution in [0.4, 0.5) is 0 Å². The molecule has 0 aliphatic heterocycles. The highest BCUT2D eigenvalue weighted by Gasteiger charge is 2.16. The fraction of sp³-hybridized carbons (Fsp3) is 0.312. The topological polar surface area (TPSA) is 55.6 Å². The van der Waals surface area contributed by atoms with E-state index in [0.29, 0.717) is 0 Å². The summed E-state index contributed by atoms with van der Waals surface area (Å²) in [5.74, 6) is 0. The molecule has 3 rings (SSSR count). The van der Waals surface area contributed by atoms with Gasteiger partial charge in [-0.2, -0.15) is 5.10 Å². The summed E-state index contributed by atoms with van der Waals surface area (Å²) in [7, 11) is 1.94. The number of para-hydroxylation sites is 1. The zero-order valence-corrected chi connectivity index (χ0v) is 12.3. The Hall–Kier alpha value is -2.27. The van der Waals surface area contributed by atoms with E-state index in [-0.39, 0.29) is 6.04 Å². The summed E-state index contributed by atoms with van der Waals surface area (Å²) in [5, 5.41) is 9.27. The molecular formula is C16H19N5. The lowest BCUT2D eigenvalue weighted by atomic mass is 10.1. The second-order valence-corrected chi connectivity index (χ2v) is 4.96. The van der Waals surface area contributed by atoms with E-state index in [1.165, 1.54) is 10.9 Å². The smallest absolute Gasteiger partial charge is 0.0759 e. The van der Waals surface area contributed by atoms with Gasteiger partial charge < -0.3 is 5.32 Å². The molecule has 2 heterocycles. The highest BCUT2D eigenvalue weighted by atomic mass is 15.3. The van der Waals surface area contributed by atoms with E-state index < -0.39 is 0 Å². The van der Waals surface area contributed by atoms with E-state index >= 15 is 0 Å². The Kier molecular flexibility index (Phi) is 3.92. The van der Waals surface area contributed by atoms with E-state index in [1.54, 1.807) is 18.6 Å². The summed E-state index contributed by atoms with van der Waals surface area (Å²) in [4.78, 5) is 8.54. The highest BCUT2D eigenvalue weighted by molar-refractivity contribution is 5.82. The van der Waals surface area contributed by atoms with Gasteiger partial charge >= 0.3 is 0 Å². The zero-order valence-electron chi connectivity index (χ0n) is 12.3. The fourth-order valence-electron chi connectivity index (χ4n) is 2.63. The molecule has 0 bridgehead atoms. The lowest BCUT2D eigenvalue weighted by Crippen LogP contribution is -2.20. The van der Waals surface area contributed by atoms with Crippen LogP contribution in [0.25, 0.3) is 10.9 Å². The van der Waals surface area contributed by atoms with E-state index in [0.717, 1.165) is 24.4 Å². The molecule has 0 aliphatic carbocycles. The van der Waals surface area contributed by atoms with Crippen LogP contribution in [-0.2, 0) is 13.0 Å². The number of nitrogens with zero attached hydrogens (tertiary/aromatic N) is 4. The summed E-state index contributed by atoms with van der Waals surface area (Å²) in [6, 6.07) is 8.48. The van der Waals surface area contributed by atoms with Crippen LogP contribution in [0.15, 0.2) is 42.9 Å². The van der Waals surface area contributed by atoms with Gasteiger partial charge in [0, 0.05) is 36.9 Å². The van der Waals surface area contributed by atoms with Crippen LogP contribution in [-0.4, -0.2) is 26.8 Å². The Morgan fingerprint density at radius 2 is 2.10 bits per heavy atom. The molecule has 0 fully saturated rings. The largest absolute Gasteiger partial charge is 0.311 e.